The minimum Gasteiger partial charge on any atom is -0.464 e. The monoisotopic (exact) mass is 407 g/mol. The van der Waals surface area contributed by atoms with E-state index in [0.29, 0.717) is 27.9 Å². The van der Waals surface area contributed by atoms with Crippen LogP contribution in [0.4, 0.5) is 5.69 Å². The van der Waals surface area contributed by atoms with Crippen LogP contribution in [0.1, 0.15) is 23.6 Å². The fraction of sp³-hybridized carbons (Fsp3) is 0.227. The zero-order chi connectivity index (χ0) is 21.4. The fourth-order valence-electron chi connectivity index (χ4n) is 3.28. The van der Waals surface area contributed by atoms with Gasteiger partial charge in [-0.05, 0) is 62.2 Å². The third-order valence-electron chi connectivity index (χ3n) is 5.07. The highest BCUT2D eigenvalue weighted by molar-refractivity contribution is 5.97. The fourth-order valence-corrected chi connectivity index (χ4v) is 3.28. The third-order valence-corrected chi connectivity index (χ3v) is 5.07. The summed E-state index contributed by atoms with van der Waals surface area (Å²) in [4.78, 5) is 41.3. The number of H-pyrrole nitrogens is 2. The van der Waals surface area contributed by atoms with Gasteiger partial charge in [-0.3, -0.25) is 9.59 Å². The first kappa shape index (κ1) is 19.5. The molecule has 0 fully saturated rings. The summed E-state index contributed by atoms with van der Waals surface area (Å²) in [5.41, 5.74) is 5.00. The van der Waals surface area contributed by atoms with Crippen LogP contribution in [0.2, 0.25) is 0 Å². The molecule has 0 aliphatic rings. The number of aryl methyl sites for hydroxylation is 2. The number of hydrogen-bond donors (Lipinski definition) is 3. The maximum atomic E-state index is 12.4. The van der Waals surface area contributed by atoms with Gasteiger partial charge in [0.15, 0.2) is 6.10 Å². The van der Waals surface area contributed by atoms with Crippen molar-refractivity contribution >= 4 is 39.6 Å². The Labute approximate surface area is 171 Å². The number of fused-ring (bicyclic) bond motifs is 2. The molecule has 0 radical (unpaired) electrons. The molecule has 3 N–H and O–H groups in total. The van der Waals surface area contributed by atoms with Crippen molar-refractivity contribution in [2.45, 2.75) is 33.3 Å². The number of aromatic amines is 2. The summed E-state index contributed by atoms with van der Waals surface area (Å²) in [6.45, 7) is 5.50. The molecule has 1 amide bonds. The Morgan fingerprint density at radius 1 is 1.10 bits per heavy atom. The topological polar surface area (TPSA) is 117 Å². The van der Waals surface area contributed by atoms with E-state index in [1.54, 1.807) is 24.5 Å². The summed E-state index contributed by atoms with van der Waals surface area (Å²) >= 11 is 0. The molecule has 0 saturated carbocycles. The second-order valence-corrected chi connectivity index (χ2v) is 7.33. The number of amides is 1. The maximum Gasteiger partial charge on any atom is 0.323 e. The second-order valence-electron chi connectivity index (χ2n) is 7.33. The van der Waals surface area contributed by atoms with Crippen molar-refractivity contribution in [2.24, 2.45) is 0 Å². The molecule has 0 spiro atoms. The van der Waals surface area contributed by atoms with Crippen LogP contribution in [0.25, 0.3) is 22.0 Å². The van der Waals surface area contributed by atoms with Gasteiger partial charge in [-0.25, -0.2) is 4.79 Å². The number of rotatable bonds is 5. The number of hydrogen-bond acceptors (Lipinski definition) is 5. The third kappa shape index (κ3) is 3.84. The van der Waals surface area contributed by atoms with Gasteiger partial charge in [0.1, 0.15) is 5.58 Å². The van der Waals surface area contributed by atoms with E-state index in [0.717, 1.165) is 16.5 Å². The van der Waals surface area contributed by atoms with Crippen molar-refractivity contribution in [3.63, 3.8) is 0 Å². The van der Waals surface area contributed by atoms with E-state index in [9.17, 15) is 14.4 Å². The van der Waals surface area contributed by atoms with Gasteiger partial charge in [-0.1, -0.05) is 0 Å². The van der Waals surface area contributed by atoms with Gasteiger partial charge in [-0.2, -0.15) is 0 Å². The second kappa shape index (κ2) is 7.55. The van der Waals surface area contributed by atoms with E-state index >= 15 is 0 Å². The predicted octanol–water partition coefficient (Wildman–Crippen LogP) is 3.33. The van der Waals surface area contributed by atoms with Crippen LogP contribution in [-0.2, 0) is 20.7 Å². The Kier molecular flexibility index (Phi) is 4.91. The Hall–Kier alpha value is -3.81. The van der Waals surface area contributed by atoms with E-state index in [1.807, 2.05) is 26.0 Å². The molecule has 0 aliphatic heterocycles. The van der Waals surface area contributed by atoms with Crippen LogP contribution in [0.3, 0.4) is 0 Å². The number of carbonyl (C=O) groups is 2. The van der Waals surface area contributed by atoms with Gasteiger partial charge in [0.2, 0.25) is 0 Å². The number of imidazole rings is 1. The summed E-state index contributed by atoms with van der Waals surface area (Å²) in [6, 6.07) is 8.87. The van der Waals surface area contributed by atoms with Gasteiger partial charge in [0, 0.05) is 16.6 Å². The van der Waals surface area contributed by atoms with E-state index in [4.69, 9.17) is 9.15 Å². The highest BCUT2D eigenvalue weighted by Crippen LogP contribution is 2.25. The standard InChI is InChI=1S/C22H21N3O5/c1-11-6-16-14(10-29-19(16)7-12(11)2)8-20(26)30-13(3)21(27)23-15-4-5-17-18(9-15)25-22(28)24-17/h4-7,9-10,13H,8H2,1-3H3,(H,23,27)(H2,24,25,28)/t13-/m0/s1. The molecule has 0 bridgehead atoms. The van der Waals surface area contributed by atoms with Crippen LogP contribution < -0.4 is 11.0 Å². The van der Waals surface area contributed by atoms with Gasteiger partial charge >= 0.3 is 11.7 Å². The number of carbonyl (C=O) groups excluding carboxylic acids is 2. The summed E-state index contributed by atoms with van der Waals surface area (Å²) in [6.07, 6.45) is 0.562. The minimum atomic E-state index is -0.986. The largest absolute Gasteiger partial charge is 0.464 e. The normalized spacial score (nSPS) is 12.2. The van der Waals surface area contributed by atoms with Crippen LogP contribution in [-0.4, -0.2) is 27.9 Å². The van der Waals surface area contributed by atoms with Gasteiger partial charge in [0.05, 0.1) is 23.7 Å². The van der Waals surface area contributed by atoms with Crippen LogP contribution in [0.15, 0.2) is 45.8 Å². The van der Waals surface area contributed by atoms with E-state index in [1.165, 1.54) is 6.92 Å². The Morgan fingerprint density at radius 3 is 2.63 bits per heavy atom. The first-order chi connectivity index (χ1) is 14.3. The van der Waals surface area contributed by atoms with Crippen molar-refractivity contribution in [1.29, 1.82) is 0 Å². The van der Waals surface area contributed by atoms with E-state index in [-0.39, 0.29) is 12.1 Å². The number of furan rings is 1. The molecule has 8 nitrogen and oxygen atoms in total. The van der Waals surface area contributed by atoms with Gasteiger partial charge in [0.25, 0.3) is 5.91 Å². The summed E-state index contributed by atoms with van der Waals surface area (Å²) < 4.78 is 10.8. The Bertz CT molecular complexity index is 1330. The van der Waals surface area contributed by atoms with Crippen molar-refractivity contribution < 1.29 is 18.7 Å². The lowest BCUT2D eigenvalue weighted by Gasteiger charge is -2.13. The zero-order valence-electron chi connectivity index (χ0n) is 16.8. The lowest BCUT2D eigenvalue weighted by atomic mass is 10.0. The van der Waals surface area contributed by atoms with Crippen LogP contribution in [0.5, 0.6) is 0 Å². The minimum absolute atomic E-state index is 0.00364. The van der Waals surface area contributed by atoms with Crippen LogP contribution in [0, 0.1) is 13.8 Å². The molecule has 2 heterocycles. The van der Waals surface area contributed by atoms with Crippen molar-refractivity contribution in [2.75, 3.05) is 5.32 Å². The number of esters is 1. The molecular weight excluding hydrogens is 386 g/mol. The molecule has 154 valence electrons. The Balaban J connectivity index is 1.40. The number of ether oxygens (including phenoxy) is 1. The van der Waals surface area contributed by atoms with Gasteiger partial charge < -0.3 is 24.4 Å². The number of nitrogens with one attached hydrogen (secondary N) is 3. The number of aromatic nitrogens is 2. The highest BCUT2D eigenvalue weighted by atomic mass is 16.5. The molecule has 4 aromatic rings. The molecule has 0 aliphatic carbocycles. The maximum absolute atomic E-state index is 12.4. The average Bonchev–Trinajstić information content (AvgIpc) is 3.24. The van der Waals surface area contributed by atoms with Crippen molar-refractivity contribution in [3.05, 3.63) is 63.8 Å². The van der Waals surface area contributed by atoms with Crippen molar-refractivity contribution in [1.82, 2.24) is 9.97 Å². The SMILES string of the molecule is Cc1cc2occ(CC(=O)O[C@@H](C)C(=O)Nc3ccc4[nH]c(=O)[nH]c4c3)c2cc1C. The summed E-state index contributed by atoms with van der Waals surface area (Å²) in [5, 5.41) is 3.54. The van der Waals surface area contributed by atoms with Crippen LogP contribution >= 0.6 is 0 Å². The molecule has 8 heteroatoms. The molecule has 0 saturated heterocycles. The lowest BCUT2D eigenvalue weighted by Crippen LogP contribution is -2.30. The van der Waals surface area contributed by atoms with E-state index in [2.05, 4.69) is 15.3 Å². The molecular formula is C22H21N3O5. The van der Waals surface area contributed by atoms with E-state index < -0.39 is 18.0 Å². The highest BCUT2D eigenvalue weighted by Gasteiger charge is 2.20. The summed E-state index contributed by atoms with van der Waals surface area (Å²) in [5.74, 6) is -0.993. The Morgan fingerprint density at radius 2 is 1.83 bits per heavy atom. The number of benzene rings is 2. The lowest BCUT2D eigenvalue weighted by molar-refractivity contribution is -0.152. The molecule has 30 heavy (non-hydrogen) atoms. The molecule has 2 aromatic carbocycles. The smallest absolute Gasteiger partial charge is 0.323 e. The first-order valence-corrected chi connectivity index (χ1v) is 9.50. The zero-order valence-corrected chi connectivity index (χ0v) is 16.8. The first-order valence-electron chi connectivity index (χ1n) is 9.50. The quantitative estimate of drug-likeness (QED) is 0.439. The molecule has 2 aromatic heterocycles. The molecule has 4 rings (SSSR count). The molecule has 0 unspecified atom stereocenters. The molecule has 1 atom stereocenters. The average molecular weight is 407 g/mol. The number of anilines is 1. The van der Waals surface area contributed by atoms with Crippen molar-refractivity contribution in [3.8, 4) is 0 Å². The summed E-state index contributed by atoms with van der Waals surface area (Å²) in [7, 11) is 0. The van der Waals surface area contributed by atoms with Gasteiger partial charge in [-0.15, -0.1) is 0 Å². The predicted molar refractivity (Wildman–Crippen MR) is 112 cm³/mol.